The largest absolute Gasteiger partial charge is 0.370 e. The molecule has 0 bridgehead atoms. The maximum Gasteiger partial charge on any atom is 0.256 e. The molecule has 7 nitrogen and oxygen atoms in total. The van der Waals surface area contributed by atoms with Crippen LogP contribution in [0.25, 0.3) is 0 Å². The molecule has 1 unspecified atom stereocenters. The van der Waals surface area contributed by atoms with E-state index in [-0.39, 0.29) is 17.8 Å². The van der Waals surface area contributed by atoms with Crippen molar-refractivity contribution in [3.63, 3.8) is 0 Å². The molecule has 4 rings (SSSR count). The molecule has 1 amide bonds. The first kappa shape index (κ1) is 17.0. The molecular formula is C18H19N3O4S. The van der Waals surface area contributed by atoms with Gasteiger partial charge in [-0.1, -0.05) is 30.3 Å². The van der Waals surface area contributed by atoms with E-state index >= 15 is 0 Å². The van der Waals surface area contributed by atoms with Crippen molar-refractivity contribution in [3.05, 3.63) is 59.8 Å². The SMILES string of the molecule is O=C(C1=CN2CCS(=O)(=O)N=C2C=C1)N1CCOC(c2ccccc2)C1. The first-order chi connectivity index (χ1) is 12.5. The minimum Gasteiger partial charge on any atom is -0.370 e. The van der Waals surface area contributed by atoms with Crippen LogP contribution in [0.1, 0.15) is 11.7 Å². The van der Waals surface area contributed by atoms with E-state index in [1.165, 1.54) is 0 Å². The lowest BCUT2D eigenvalue weighted by Gasteiger charge is -2.34. The maximum atomic E-state index is 12.9. The van der Waals surface area contributed by atoms with Crippen LogP contribution in [-0.2, 0) is 19.6 Å². The van der Waals surface area contributed by atoms with Crippen LogP contribution in [0, 0.1) is 0 Å². The normalized spacial score (nSPS) is 24.5. The molecule has 136 valence electrons. The van der Waals surface area contributed by atoms with Crippen LogP contribution >= 0.6 is 0 Å². The maximum absolute atomic E-state index is 12.9. The zero-order chi connectivity index (χ0) is 18.1. The molecule has 0 saturated carbocycles. The average Bonchev–Trinajstić information content (AvgIpc) is 2.67. The second-order valence-corrected chi connectivity index (χ2v) is 8.12. The smallest absolute Gasteiger partial charge is 0.256 e. The van der Waals surface area contributed by atoms with Gasteiger partial charge < -0.3 is 14.5 Å². The van der Waals surface area contributed by atoms with Crippen molar-refractivity contribution in [2.45, 2.75) is 6.10 Å². The minimum atomic E-state index is -3.40. The Labute approximate surface area is 152 Å². The van der Waals surface area contributed by atoms with E-state index < -0.39 is 10.0 Å². The summed E-state index contributed by atoms with van der Waals surface area (Å²) in [5.41, 5.74) is 1.57. The standard InChI is InChI=1S/C18H19N3O4S/c22-18(15-6-7-17-19-26(23,24)11-9-20(17)12-15)21-8-10-25-16(13-21)14-4-2-1-3-5-14/h1-7,12,16H,8-11,13H2. The van der Waals surface area contributed by atoms with Crippen LogP contribution in [0.3, 0.4) is 0 Å². The average molecular weight is 373 g/mol. The Morgan fingerprint density at radius 3 is 2.77 bits per heavy atom. The third-order valence-corrected chi connectivity index (χ3v) is 5.76. The quantitative estimate of drug-likeness (QED) is 0.775. The number of hydrogen-bond donors (Lipinski definition) is 0. The van der Waals surface area contributed by atoms with Crippen LogP contribution in [-0.4, -0.2) is 62.0 Å². The third kappa shape index (κ3) is 3.42. The molecule has 0 radical (unpaired) electrons. The van der Waals surface area contributed by atoms with Crippen molar-refractivity contribution in [2.24, 2.45) is 4.40 Å². The van der Waals surface area contributed by atoms with Crippen molar-refractivity contribution in [2.75, 3.05) is 32.0 Å². The number of amides is 1. The Morgan fingerprint density at radius 2 is 1.96 bits per heavy atom. The molecule has 1 saturated heterocycles. The van der Waals surface area contributed by atoms with Crippen molar-refractivity contribution < 1.29 is 17.9 Å². The first-order valence-corrected chi connectivity index (χ1v) is 10.1. The van der Waals surface area contributed by atoms with Crippen molar-refractivity contribution in [1.82, 2.24) is 9.80 Å². The summed E-state index contributed by atoms with van der Waals surface area (Å²) in [6, 6.07) is 9.85. The van der Waals surface area contributed by atoms with E-state index in [1.807, 2.05) is 30.3 Å². The molecule has 0 aromatic heterocycles. The van der Waals surface area contributed by atoms with E-state index in [1.54, 1.807) is 28.2 Å². The molecule has 0 spiro atoms. The number of sulfonamides is 1. The van der Waals surface area contributed by atoms with Gasteiger partial charge in [0.25, 0.3) is 15.9 Å². The molecule has 1 aromatic rings. The Bertz CT molecular complexity index is 906. The number of fused-ring (bicyclic) bond motifs is 1. The zero-order valence-electron chi connectivity index (χ0n) is 14.1. The summed E-state index contributed by atoms with van der Waals surface area (Å²) in [7, 11) is -3.40. The van der Waals surface area contributed by atoms with Crippen LogP contribution in [0.15, 0.2) is 58.7 Å². The number of nitrogens with zero attached hydrogens (tertiary/aromatic N) is 3. The lowest BCUT2D eigenvalue weighted by atomic mass is 10.1. The van der Waals surface area contributed by atoms with Crippen molar-refractivity contribution >= 4 is 21.8 Å². The molecule has 1 aromatic carbocycles. The molecule has 0 N–H and O–H groups in total. The van der Waals surface area contributed by atoms with Gasteiger partial charge in [-0.3, -0.25) is 4.79 Å². The van der Waals surface area contributed by atoms with Gasteiger partial charge in [0, 0.05) is 19.3 Å². The molecule has 1 fully saturated rings. The highest BCUT2D eigenvalue weighted by Gasteiger charge is 2.29. The Kier molecular flexibility index (Phi) is 4.37. The van der Waals surface area contributed by atoms with E-state index in [0.29, 0.717) is 37.6 Å². The Hall–Kier alpha value is -2.45. The Morgan fingerprint density at radius 1 is 1.15 bits per heavy atom. The summed E-state index contributed by atoms with van der Waals surface area (Å²) < 4.78 is 32.7. The molecular weight excluding hydrogens is 354 g/mol. The third-order valence-electron chi connectivity index (χ3n) is 4.60. The molecule has 3 aliphatic heterocycles. The monoisotopic (exact) mass is 373 g/mol. The highest BCUT2D eigenvalue weighted by molar-refractivity contribution is 7.90. The first-order valence-electron chi connectivity index (χ1n) is 8.47. The molecule has 0 aliphatic carbocycles. The fourth-order valence-corrected chi connectivity index (χ4v) is 4.18. The predicted octanol–water partition coefficient (Wildman–Crippen LogP) is 1.08. The number of ether oxygens (including phenoxy) is 1. The summed E-state index contributed by atoms with van der Waals surface area (Å²) in [4.78, 5) is 16.4. The van der Waals surface area contributed by atoms with E-state index in [0.717, 1.165) is 5.56 Å². The van der Waals surface area contributed by atoms with Crippen LogP contribution in [0.2, 0.25) is 0 Å². The lowest BCUT2D eigenvalue weighted by molar-refractivity contribution is -0.134. The summed E-state index contributed by atoms with van der Waals surface area (Å²) in [5.74, 6) is 0.227. The van der Waals surface area contributed by atoms with E-state index in [4.69, 9.17) is 4.74 Å². The number of morpholine rings is 1. The molecule has 26 heavy (non-hydrogen) atoms. The molecule has 1 atom stereocenters. The number of rotatable bonds is 2. The number of hydrogen-bond acceptors (Lipinski definition) is 5. The highest BCUT2D eigenvalue weighted by atomic mass is 32.2. The molecule has 8 heteroatoms. The number of carbonyl (C=O) groups is 1. The topological polar surface area (TPSA) is 79.3 Å². The number of amidine groups is 1. The van der Waals surface area contributed by atoms with Crippen molar-refractivity contribution in [3.8, 4) is 0 Å². The van der Waals surface area contributed by atoms with Gasteiger partial charge in [-0.05, 0) is 17.7 Å². The number of benzene rings is 1. The molecule has 3 heterocycles. The number of carbonyl (C=O) groups excluding carboxylic acids is 1. The van der Waals surface area contributed by atoms with Gasteiger partial charge in [0.05, 0.1) is 24.5 Å². The van der Waals surface area contributed by atoms with Crippen LogP contribution < -0.4 is 0 Å². The van der Waals surface area contributed by atoms with Gasteiger partial charge in [-0.15, -0.1) is 4.40 Å². The molecule has 3 aliphatic rings. The van der Waals surface area contributed by atoms with Gasteiger partial charge in [0.1, 0.15) is 11.9 Å². The summed E-state index contributed by atoms with van der Waals surface area (Å²) in [5, 5.41) is 0. The van der Waals surface area contributed by atoms with Gasteiger partial charge in [-0.25, -0.2) is 8.42 Å². The summed E-state index contributed by atoms with van der Waals surface area (Å²) >= 11 is 0. The van der Waals surface area contributed by atoms with Gasteiger partial charge in [-0.2, -0.15) is 0 Å². The second-order valence-electron chi connectivity index (χ2n) is 6.37. The zero-order valence-corrected chi connectivity index (χ0v) is 14.9. The van der Waals surface area contributed by atoms with E-state index in [2.05, 4.69) is 4.40 Å². The van der Waals surface area contributed by atoms with Gasteiger partial charge in [0.2, 0.25) is 0 Å². The highest BCUT2D eigenvalue weighted by Crippen LogP contribution is 2.24. The van der Waals surface area contributed by atoms with Gasteiger partial charge >= 0.3 is 0 Å². The van der Waals surface area contributed by atoms with Gasteiger partial charge in [0.15, 0.2) is 0 Å². The minimum absolute atomic E-state index is 0.0457. The summed E-state index contributed by atoms with van der Waals surface area (Å²) in [6.45, 7) is 1.81. The second kappa shape index (κ2) is 6.69. The van der Waals surface area contributed by atoms with E-state index in [9.17, 15) is 13.2 Å². The van der Waals surface area contributed by atoms with Crippen molar-refractivity contribution in [1.29, 1.82) is 0 Å². The fraction of sp³-hybridized carbons (Fsp3) is 0.333. The predicted molar refractivity (Wildman–Crippen MR) is 96.9 cm³/mol. The lowest BCUT2D eigenvalue weighted by Crippen LogP contribution is -2.44. The van der Waals surface area contributed by atoms with Crippen LogP contribution in [0.4, 0.5) is 0 Å². The fourth-order valence-electron chi connectivity index (χ4n) is 3.21. The summed E-state index contributed by atoms with van der Waals surface area (Å²) in [6.07, 6.45) is 4.76. The Balaban J connectivity index is 1.50. The van der Waals surface area contributed by atoms with Crippen LogP contribution in [0.5, 0.6) is 0 Å².